The van der Waals surface area contributed by atoms with Gasteiger partial charge in [0.15, 0.2) is 0 Å². The molecule has 112 valence electrons. The van der Waals surface area contributed by atoms with E-state index in [0.29, 0.717) is 11.4 Å². The molecule has 0 saturated heterocycles. The molecular formula is C16H16BrClFNO. The molecule has 0 aliphatic rings. The van der Waals surface area contributed by atoms with E-state index in [2.05, 4.69) is 21.2 Å². The SMILES string of the molecule is CNC(Cc1cccc(F)c1)c1cc(Cl)cc(Br)c1OC. The highest BCUT2D eigenvalue weighted by atomic mass is 79.9. The Morgan fingerprint density at radius 2 is 2.10 bits per heavy atom. The van der Waals surface area contributed by atoms with Crippen molar-refractivity contribution in [2.75, 3.05) is 14.2 Å². The Balaban J connectivity index is 2.37. The largest absolute Gasteiger partial charge is 0.495 e. The van der Waals surface area contributed by atoms with Gasteiger partial charge in [-0.05, 0) is 59.2 Å². The van der Waals surface area contributed by atoms with E-state index in [-0.39, 0.29) is 11.9 Å². The Morgan fingerprint density at radius 3 is 2.71 bits per heavy atom. The number of benzene rings is 2. The van der Waals surface area contributed by atoms with E-state index in [0.717, 1.165) is 21.3 Å². The number of halogens is 3. The molecule has 2 nitrogen and oxygen atoms in total. The third kappa shape index (κ3) is 3.96. The van der Waals surface area contributed by atoms with Gasteiger partial charge in [0, 0.05) is 16.6 Å². The maximum absolute atomic E-state index is 13.3. The zero-order chi connectivity index (χ0) is 15.4. The highest BCUT2D eigenvalue weighted by Crippen LogP contribution is 2.37. The van der Waals surface area contributed by atoms with Gasteiger partial charge in [-0.2, -0.15) is 0 Å². The van der Waals surface area contributed by atoms with Gasteiger partial charge in [0.25, 0.3) is 0 Å². The minimum Gasteiger partial charge on any atom is -0.495 e. The Hall–Kier alpha value is -1.10. The van der Waals surface area contributed by atoms with Crippen LogP contribution in [0.4, 0.5) is 4.39 Å². The molecule has 1 atom stereocenters. The van der Waals surface area contributed by atoms with Crippen LogP contribution in [0.3, 0.4) is 0 Å². The van der Waals surface area contributed by atoms with Crippen LogP contribution in [0.2, 0.25) is 5.02 Å². The molecule has 0 aromatic heterocycles. The summed E-state index contributed by atoms with van der Waals surface area (Å²) in [5.41, 5.74) is 1.84. The first kappa shape index (κ1) is 16.3. The van der Waals surface area contributed by atoms with Crippen molar-refractivity contribution in [2.24, 2.45) is 0 Å². The van der Waals surface area contributed by atoms with Gasteiger partial charge in [0.2, 0.25) is 0 Å². The second kappa shape index (κ2) is 7.25. The lowest BCUT2D eigenvalue weighted by Gasteiger charge is -2.21. The van der Waals surface area contributed by atoms with Crippen LogP contribution in [-0.4, -0.2) is 14.2 Å². The number of likely N-dealkylation sites (N-methyl/N-ethyl adjacent to an activating group) is 1. The predicted molar refractivity (Wildman–Crippen MR) is 87.6 cm³/mol. The number of hydrogen-bond donors (Lipinski definition) is 1. The van der Waals surface area contributed by atoms with E-state index in [1.165, 1.54) is 12.1 Å². The van der Waals surface area contributed by atoms with Crippen LogP contribution in [0.25, 0.3) is 0 Å². The average molecular weight is 373 g/mol. The van der Waals surface area contributed by atoms with E-state index in [1.54, 1.807) is 19.2 Å². The first-order valence-electron chi connectivity index (χ1n) is 6.49. The predicted octanol–water partition coefficient (Wildman–Crippen LogP) is 4.75. The van der Waals surface area contributed by atoms with Crippen molar-refractivity contribution >= 4 is 27.5 Å². The summed E-state index contributed by atoms with van der Waals surface area (Å²) in [6.07, 6.45) is 0.636. The summed E-state index contributed by atoms with van der Waals surface area (Å²) in [6.45, 7) is 0. The molecule has 2 aromatic rings. The molecule has 0 heterocycles. The monoisotopic (exact) mass is 371 g/mol. The van der Waals surface area contributed by atoms with E-state index < -0.39 is 0 Å². The highest BCUT2D eigenvalue weighted by Gasteiger charge is 2.18. The van der Waals surface area contributed by atoms with Gasteiger partial charge in [0.1, 0.15) is 11.6 Å². The van der Waals surface area contributed by atoms with Crippen molar-refractivity contribution in [1.29, 1.82) is 0 Å². The molecule has 0 saturated carbocycles. The smallest absolute Gasteiger partial charge is 0.137 e. The van der Waals surface area contributed by atoms with Gasteiger partial charge in [-0.25, -0.2) is 4.39 Å². The van der Waals surface area contributed by atoms with Gasteiger partial charge in [0.05, 0.1) is 11.6 Å². The molecule has 2 aromatic carbocycles. The van der Waals surface area contributed by atoms with Gasteiger partial charge in [-0.1, -0.05) is 23.7 Å². The van der Waals surface area contributed by atoms with E-state index in [9.17, 15) is 4.39 Å². The van der Waals surface area contributed by atoms with Crippen LogP contribution in [0.15, 0.2) is 40.9 Å². The van der Waals surface area contributed by atoms with Crippen LogP contribution in [-0.2, 0) is 6.42 Å². The Labute approximate surface area is 137 Å². The number of hydrogen-bond acceptors (Lipinski definition) is 2. The minimum atomic E-state index is -0.235. The van der Waals surface area contributed by atoms with Crippen LogP contribution < -0.4 is 10.1 Å². The van der Waals surface area contributed by atoms with Gasteiger partial charge in [-0.3, -0.25) is 0 Å². The topological polar surface area (TPSA) is 21.3 Å². The molecule has 2 rings (SSSR count). The quantitative estimate of drug-likeness (QED) is 0.817. The summed E-state index contributed by atoms with van der Waals surface area (Å²) in [7, 11) is 3.48. The second-order valence-corrected chi connectivity index (χ2v) is 5.98. The summed E-state index contributed by atoms with van der Waals surface area (Å²) in [4.78, 5) is 0. The Bertz CT molecular complexity index is 636. The van der Waals surface area contributed by atoms with Gasteiger partial charge in [-0.15, -0.1) is 0 Å². The van der Waals surface area contributed by atoms with E-state index >= 15 is 0 Å². The lowest BCUT2D eigenvalue weighted by molar-refractivity contribution is 0.398. The fourth-order valence-corrected chi connectivity index (χ4v) is 3.32. The van der Waals surface area contributed by atoms with E-state index in [1.807, 2.05) is 19.2 Å². The van der Waals surface area contributed by atoms with Crippen LogP contribution in [0.1, 0.15) is 17.2 Å². The summed E-state index contributed by atoms with van der Waals surface area (Å²) in [5, 5.41) is 3.86. The number of rotatable bonds is 5. The maximum Gasteiger partial charge on any atom is 0.137 e. The van der Waals surface area contributed by atoms with Crippen molar-refractivity contribution in [2.45, 2.75) is 12.5 Å². The standard InChI is InChI=1S/C16H16BrClFNO/c1-20-15(7-10-4-3-5-12(19)6-10)13-8-11(18)9-14(17)16(13)21-2/h3-6,8-9,15,20H,7H2,1-2H3. The van der Waals surface area contributed by atoms with Crippen molar-refractivity contribution in [3.8, 4) is 5.75 Å². The normalized spacial score (nSPS) is 12.2. The lowest BCUT2D eigenvalue weighted by Crippen LogP contribution is -2.20. The van der Waals surface area contributed by atoms with Crippen LogP contribution in [0.5, 0.6) is 5.75 Å². The lowest BCUT2D eigenvalue weighted by atomic mass is 9.98. The van der Waals surface area contributed by atoms with Crippen molar-refractivity contribution < 1.29 is 9.13 Å². The average Bonchev–Trinajstić information content (AvgIpc) is 2.44. The third-order valence-electron chi connectivity index (χ3n) is 3.29. The number of nitrogens with one attached hydrogen (secondary N) is 1. The molecule has 1 unspecified atom stereocenters. The number of methoxy groups -OCH3 is 1. The molecule has 0 aliphatic heterocycles. The van der Waals surface area contributed by atoms with Gasteiger partial charge >= 0.3 is 0 Å². The molecule has 0 radical (unpaired) electrons. The maximum atomic E-state index is 13.3. The fraction of sp³-hybridized carbons (Fsp3) is 0.250. The molecule has 0 spiro atoms. The fourth-order valence-electron chi connectivity index (χ4n) is 2.32. The minimum absolute atomic E-state index is 0.0308. The molecule has 0 fully saturated rings. The van der Waals surface area contributed by atoms with Crippen molar-refractivity contribution in [3.63, 3.8) is 0 Å². The van der Waals surface area contributed by atoms with Crippen molar-refractivity contribution in [3.05, 3.63) is 62.8 Å². The van der Waals surface area contributed by atoms with Crippen LogP contribution in [0, 0.1) is 5.82 Å². The van der Waals surface area contributed by atoms with E-state index in [4.69, 9.17) is 16.3 Å². The zero-order valence-electron chi connectivity index (χ0n) is 11.8. The van der Waals surface area contributed by atoms with Crippen molar-refractivity contribution in [1.82, 2.24) is 5.32 Å². The first-order valence-corrected chi connectivity index (χ1v) is 7.67. The highest BCUT2D eigenvalue weighted by molar-refractivity contribution is 9.10. The second-order valence-electron chi connectivity index (χ2n) is 4.69. The number of ether oxygens (including phenoxy) is 1. The molecule has 0 bridgehead atoms. The summed E-state index contributed by atoms with van der Waals surface area (Å²) in [5.74, 6) is 0.497. The zero-order valence-corrected chi connectivity index (χ0v) is 14.1. The summed E-state index contributed by atoms with van der Waals surface area (Å²) in [6, 6.07) is 10.2. The van der Waals surface area contributed by atoms with Gasteiger partial charge < -0.3 is 10.1 Å². The molecule has 5 heteroatoms. The van der Waals surface area contributed by atoms with Crippen LogP contribution >= 0.6 is 27.5 Å². The first-order chi connectivity index (χ1) is 10.0. The molecule has 0 aliphatic carbocycles. The molecule has 21 heavy (non-hydrogen) atoms. The molecular weight excluding hydrogens is 357 g/mol. The third-order valence-corrected chi connectivity index (χ3v) is 4.10. The molecule has 1 N–H and O–H groups in total. The Kier molecular flexibility index (Phi) is 5.62. The summed E-state index contributed by atoms with van der Waals surface area (Å²) < 4.78 is 19.6. The summed E-state index contributed by atoms with van der Waals surface area (Å²) >= 11 is 9.59. The Morgan fingerprint density at radius 1 is 1.33 bits per heavy atom. The molecule has 0 amide bonds.